The summed E-state index contributed by atoms with van der Waals surface area (Å²) in [7, 11) is 0. The van der Waals surface area contributed by atoms with E-state index in [1.165, 1.54) is 18.4 Å². The molecule has 1 N–H and O–H groups in total. The number of hydrogen-bond acceptors (Lipinski definition) is 1. The lowest BCUT2D eigenvalue weighted by molar-refractivity contribution is 0.282. The van der Waals surface area contributed by atoms with Gasteiger partial charge in [-0.25, -0.2) is 0 Å². The van der Waals surface area contributed by atoms with Gasteiger partial charge in [0.1, 0.15) is 0 Å². The van der Waals surface area contributed by atoms with Gasteiger partial charge in [0.2, 0.25) is 0 Å². The fourth-order valence-corrected chi connectivity index (χ4v) is 2.16. The van der Waals surface area contributed by atoms with Crippen LogP contribution >= 0.6 is 15.9 Å². The Morgan fingerprint density at radius 2 is 2.14 bits per heavy atom. The fraction of sp³-hybridized carbons (Fsp3) is 0.417. The summed E-state index contributed by atoms with van der Waals surface area (Å²) in [6.07, 6.45) is 2.60. The Morgan fingerprint density at radius 3 is 2.71 bits per heavy atom. The molecule has 1 atom stereocenters. The van der Waals surface area contributed by atoms with E-state index in [9.17, 15) is 0 Å². The molecule has 0 spiro atoms. The molecule has 1 aromatic rings. The first kappa shape index (κ1) is 10.2. The van der Waals surface area contributed by atoms with Gasteiger partial charge in [-0.2, -0.15) is 0 Å². The van der Waals surface area contributed by atoms with Crippen LogP contribution in [0.25, 0.3) is 0 Å². The molecule has 1 radical (unpaired) electrons. The molecule has 0 aromatic heterocycles. The maximum Gasteiger partial charge on any atom is 0.0499 e. The minimum atomic E-state index is -0.00926. The van der Waals surface area contributed by atoms with Gasteiger partial charge < -0.3 is 5.11 Å². The van der Waals surface area contributed by atoms with Gasteiger partial charge in [0.15, 0.2) is 0 Å². The van der Waals surface area contributed by atoms with Crippen molar-refractivity contribution in [2.45, 2.75) is 24.7 Å². The van der Waals surface area contributed by atoms with Gasteiger partial charge in [-0.15, -0.1) is 0 Å². The van der Waals surface area contributed by atoms with Crippen molar-refractivity contribution < 1.29 is 5.11 Å². The molecular weight excluding hydrogens is 240 g/mol. The maximum absolute atomic E-state index is 9.05. The van der Waals surface area contributed by atoms with Crippen LogP contribution in [-0.4, -0.2) is 11.7 Å². The van der Waals surface area contributed by atoms with Crippen LogP contribution in [0.4, 0.5) is 0 Å². The monoisotopic (exact) mass is 253 g/mol. The summed E-state index contributed by atoms with van der Waals surface area (Å²) in [6, 6.07) is 6.39. The Kier molecular flexibility index (Phi) is 2.93. The number of aliphatic hydroxyl groups excluding tert-OH is 1. The highest BCUT2D eigenvalue weighted by Gasteiger charge is 2.24. The summed E-state index contributed by atoms with van der Waals surface area (Å²) in [5.41, 5.74) is 2.51. The predicted octanol–water partition coefficient (Wildman–Crippen LogP) is 3.24. The Bertz CT molecular complexity index is 331. The van der Waals surface area contributed by atoms with E-state index in [1.807, 2.05) is 6.07 Å². The molecule has 0 aliphatic heterocycles. The Labute approximate surface area is 93.3 Å². The molecule has 1 saturated carbocycles. The van der Waals surface area contributed by atoms with E-state index in [-0.39, 0.29) is 12.5 Å². The van der Waals surface area contributed by atoms with Crippen molar-refractivity contribution in [3.63, 3.8) is 0 Å². The van der Waals surface area contributed by atoms with Gasteiger partial charge in [0.05, 0.1) is 0 Å². The van der Waals surface area contributed by atoms with E-state index in [2.05, 4.69) is 35.0 Å². The number of rotatable bonds is 3. The number of halogens is 1. The molecule has 0 bridgehead atoms. The fourth-order valence-electron chi connectivity index (χ4n) is 1.63. The maximum atomic E-state index is 9.05. The molecule has 0 amide bonds. The Morgan fingerprint density at radius 1 is 1.43 bits per heavy atom. The van der Waals surface area contributed by atoms with E-state index < -0.39 is 0 Å². The molecular formula is C12H14BrO. The van der Waals surface area contributed by atoms with Crippen LogP contribution in [0.5, 0.6) is 0 Å². The first-order chi connectivity index (χ1) is 6.70. The van der Waals surface area contributed by atoms with Crippen molar-refractivity contribution in [1.82, 2.24) is 0 Å². The summed E-state index contributed by atoms with van der Waals surface area (Å²) in [5.74, 6) is 0.738. The lowest BCUT2D eigenvalue weighted by atomic mass is 9.98. The van der Waals surface area contributed by atoms with Gasteiger partial charge >= 0.3 is 0 Å². The molecule has 1 nitrogen and oxygen atoms in total. The Balaban J connectivity index is 2.30. The van der Waals surface area contributed by atoms with Crippen LogP contribution in [0.1, 0.15) is 35.8 Å². The minimum Gasteiger partial charge on any atom is -0.396 e. The van der Waals surface area contributed by atoms with Crippen molar-refractivity contribution in [2.75, 3.05) is 6.61 Å². The summed E-state index contributed by atoms with van der Waals surface area (Å²) in [5, 5.41) is 9.05. The van der Waals surface area contributed by atoms with E-state index >= 15 is 0 Å². The average molecular weight is 254 g/mol. The van der Waals surface area contributed by atoms with Crippen LogP contribution in [-0.2, 0) is 0 Å². The highest BCUT2D eigenvalue weighted by atomic mass is 79.9. The first-order valence-electron chi connectivity index (χ1n) is 4.95. The second kappa shape index (κ2) is 4.03. The second-order valence-electron chi connectivity index (χ2n) is 3.97. The lowest BCUT2D eigenvalue weighted by Gasteiger charge is -2.10. The van der Waals surface area contributed by atoms with Crippen LogP contribution in [0.3, 0.4) is 0 Å². The molecule has 1 aromatic carbocycles. The van der Waals surface area contributed by atoms with E-state index in [4.69, 9.17) is 5.11 Å². The zero-order valence-corrected chi connectivity index (χ0v) is 9.63. The van der Waals surface area contributed by atoms with Crippen molar-refractivity contribution >= 4 is 15.9 Å². The molecule has 2 rings (SSSR count). The molecule has 2 heteroatoms. The van der Waals surface area contributed by atoms with Crippen LogP contribution in [0.15, 0.2) is 22.7 Å². The average Bonchev–Trinajstić information content (AvgIpc) is 2.98. The van der Waals surface area contributed by atoms with Gasteiger partial charge in [0, 0.05) is 17.0 Å². The molecule has 75 valence electrons. The number of aliphatic hydroxyl groups is 1. The Hall–Kier alpha value is -0.340. The quantitative estimate of drug-likeness (QED) is 0.877. The molecule has 0 saturated heterocycles. The zero-order chi connectivity index (χ0) is 10.1. The SMILES string of the molecule is [CH2]C(CO)c1cc(Br)cc(C2CC2)c1. The van der Waals surface area contributed by atoms with Crippen LogP contribution < -0.4 is 0 Å². The normalized spacial score (nSPS) is 18.2. The minimum absolute atomic E-state index is 0.00926. The molecule has 1 aliphatic carbocycles. The van der Waals surface area contributed by atoms with Gasteiger partial charge in [-0.1, -0.05) is 22.0 Å². The van der Waals surface area contributed by atoms with Crippen molar-refractivity contribution in [3.05, 3.63) is 40.7 Å². The standard InChI is InChI=1S/C12H14BrO/c1-8(7-14)10-4-11(9-2-3-9)6-12(13)5-10/h4-6,8-9,14H,1-3,7H2. The largest absolute Gasteiger partial charge is 0.396 e. The molecule has 1 aliphatic rings. The van der Waals surface area contributed by atoms with Gasteiger partial charge in [-0.05, 0) is 48.9 Å². The van der Waals surface area contributed by atoms with E-state index in [0.29, 0.717) is 0 Å². The van der Waals surface area contributed by atoms with Crippen LogP contribution in [0, 0.1) is 6.92 Å². The van der Waals surface area contributed by atoms with Gasteiger partial charge in [-0.3, -0.25) is 0 Å². The third kappa shape index (κ3) is 2.18. The molecule has 1 unspecified atom stereocenters. The third-order valence-corrected chi connectivity index (χ3v) is 3.14. The second-order valence-corrected chi connectivity index (χ2v) is 4.89. The predicted molar refractivity (Wildman–Crippen MR) is 61.3 cm³/mol. The summed E-state index contributed by atoms with van der Waals surface area (Å²) in [4.78, 5) is 0. The molecule has 0 heterocycles. The topological polar surface area (TPSA) is 20.2 Å². The summed E-state index contributed by atoms with van der Waals surface area (Å²) >= 11 is 3.50. The zero-order valence-electron chi connectivity index (χ0n) is 8.04. The lowest BCUT2D eigenvalue weighted by Crippen LogP contribution is -2.00. The van der Waals surface area contributed by atoms with E-state index in [1.54, 1.807) is 0 Å². The summed E-state index contributed by atoms with van der Waals surface area (Å²) < 4.78 is 1.10. The van der Waals surface area contributed by atoms with Crippen molar-refractivity contribution in [3.8, 4) is 0 Å². The number of hydrogen-bond donors (Lipinski definition) is 1. The number of benzene rings is 1. The highest BCUT2D eigenvalue weighted by molar-refractivity contribution is 9.10. The van der Waals surface area contributed by atoms with Crippen molar-refractivity contribution in [1.29, 1.82) is 0 Å². The summed E-state index contributed by atoms with van der Waals surface area (Å²) in [6.45, 7) is 4.03. The molecule has 14 heavy (non-hydrogen) atoms. The molecule has 1 fully saturated rings. The first-order valence-corrected chi connectivity index (χ1v) is 5.74. The van der Waals surface area contributed by atoms with Crippen LogP contribution in [0.2, 0.25) is 0 Å². The van der Waals surface area contributed by atoms with E-state index in [0.717, 1.165) is 16.0 Å². The third-order valence-electron chi connectivity index (χ3n) is 2.68. The van der Waals surface area contributed by atoms with Gasteiger partial charge in [0.25, 0.3) is 0 Å². The highest BCUT2D eigenvalue weighted by Crippen LogP contribution is 2.41. The van der Waals surface area contributed by atoms with Crippen molar-refractivity contribution in [2.24, 2.45) is 0 Å². The smallest absolute Gasteiger partial charge is 0.0499 e.